The number of nitrogens with zero attached hydrogens (tertiary/aromatic N) is 1. The Kier molecular flexibility index (Phi) is 9.62. The summed E-state index contributed by atoms with van der Waals surface area (Å²) < 4.78 is 6.22. The lowest BCUT2D eigenvalue weighted by Crippen LogP contribution is -2.10. The third-order valence-corrected chi connectivity index (χ3v) is 10.4. The second kappa shape index (κ2) is 15.6. The predicted molar refractivity (Wildman–Crippen MR) is 244 cm³/mol. The molecule has 1 aliphatic rings. The van der Waals surface area contributed by atoms with E-state index >= 15 is 0 Å². The van der Waals surface area contributed by atoms with Crippen molar-refractivity contribution in [3.8, 4) is 11.1 Å². The Morgan fingerprint density at radius 2 is 1.21 bits per heavy atom. The molecule has 9 rings (SSSR count). The number of furan rings is 1. The van der Waals surface area contributed by atoms with Crippen molar-refractivity contribution in [2.24, 2.45) is 0 Å². The molecule has 1 N–H and O–H groups in total. The highest BCUT2D eigenvalue weighted by Crippen LogP contribution is 2.39. The zero-order valence-electron chi connectivity index (χ0n) is 31.5. The first-order valence-electron chi connectivity index (χ1n) is 19.1. The minimum absolute atomic E-state index is 0.890. The van der Waals surface area contributed by atoms with Gasteiger partial charge in [0.2, 0.25) is 0 Å². The van der Waals surface area contributed by atoms with Gasteiger partial charge in [-0.1, -0.05) is 159 Å². The molecular formula is C54H40N2O. The third kappa shape index (κ3) is 7.30. The van der Waals surface area contributed by atoms with Crippen LogP contribution < -0.4 is 10.2 Å². The number of anilines is 4. The summed E-state index contributed by atoms with van der Waals surface area (Å²) in [5, 5.41) is 5.77. The van der Waals surface area contributed by atoms with E-state index in [4.69, 9.17) is 4.42 Å². The van der Waals surface area contributed by atoms with E-state index in [-0.39, 0.29) is 0 Å². The van der Waals surface area contributed by atoms with Crippen LogP contribution in [0.15, 0.2) is 224 Å². The molecule has 0 radical (unpaired) electrons. The largest absolute Gasteiger partial charge is 0.456 e. The predicted octanol–water partition coefficient (Wildman–Crippen LogP) is 15.0. The average molecular weight is 733 g/mol. The molecule has 0 bridgehead atoms. The lowest BCUT2D eigenvalue weighted by molar-refractivity contribution is 0.669. The molecule has 0 fully saturated rings. The summed E-state index contributed by atoms with van der Waals surface area (Å²) >= 11 is 0. The van der Waals surface area contributed by atoms with E-state index in [1.54, 1.807) is 0 Å². The van der Waals surface area contributed by atoms with E-state index in [2.05, 4.69) is 193 Å². The summed E-state index contributed by atoms with van der Waals surface area (Å²) in [6.45, 7) is 8.30. The minimum Gasteiger partial charge on any atom is -0.456 e. The Bertz CT molecular complexity index is 2870. The second-order valence-electron chi connectivity index (χ2n) is 14.0. The number of para-hydroxylation sites is 2. The highest BCUT2D eigenvalue weighted by Gasteiger charge is 2.15. The first-order valence-corrected chi connectivity index (χ1v) is 19.1. The number of hydrogen-bond acceptors (Lipinski definition) is 3. The molecule has 1 aromatic heterocycles. The van der Waals surface area contributed by atoms with Gasteiger partial charge in [-0.05, 0) is 105 Å². The molecule has 3 nitrogen and oxygen atoms in total. The number of nitrogens with one attached hydrogen (secondary N) is 1. The van der Waals surface area contributed by atoms with Gasteiger partial charge in [0.15, 0.2) is 0 Å². The van der Waals surface area contributed by atoms with Gasteiger partial charge in [0.1, 0.15) is 11.2 Å². The van der Waals surface area contributed by atoms with Crippen LogP contribution in [0.4, 0.5) is 22.7 Å². The van der Waals surface area contributed by atoms with E-state index in [0.717, 1.165) is 94.8 Å². The number of allylic oxidation sites excluding steroid dienone is 8. The average Bonchev–Trinajstić information content (AvgIpc) is 3.64. The summed E-state index contributed by atoms with van der Waals surface area (Å²) in [5.74, 6) is 0. The van der Waals surface area contributed by atoms with Gasteiger partial charge < -0.3 is 14.6 Å². The van der Waals surface area contributed by atoms with E-state index in [1.807, 2.05) is 42.5 Å². The van der Waals surface area contributed by atoms with Gasteiger partial charge >= 0.3 is 0 Å². The van der Waals surface area contributed by atoms with Gasteiger partial charge in [-0.25, -0.2) is 0 Å². The number of benzene rings is 7. The Labute approximate surface area is 333 Å². The molecule has 0 spiro atoms. The lowest BCUT2D eigenvalue weighted by atomic mass is 9.99. The molecule has 272 valence electrons. The topological polar surface area (TPSA) is 28.4 Å². The van der Waals surface area contributed by atoms with Crippen LogP contribution in [0.1, 0.15) is 22.3 Å². The highest BCUT2D eigenvalue weighted by atomic mass is 16.3. The SMILES string of the molecule is C=C/C=C(\C=Cc1ccccc1)c1ccc(N(c2ccc(C3=C/Nc4ccccc4C(=C)/C=C\3)cc2)c2ccc(-c3ccc4c(c3)oc3ccccc34)cc2)cc1. The fraction of sp³-hybridized carbons (Fsp3) is 0. The van der Waals surface area contributed by atoms with Crippen LogP contribution in [-0.4, -0.2) is 0 Å². The zero-order valence-corrected chi connectivity index (χ0v) is 31.5. The molecule has 2 heterocycles. The summed E-state index contributed by atoms with van der Waals surface area (Å²) in [6, 6.07) is 59.5. The Balaban J connectivity index is 1.06. The fourth-order valence-corrected chi connectivity index (χ4v) is 7.44. The first kappa shape index (κ1) is 35.1. The number of rotatable bonds is 9. The summed E-state index contributed by atoms with van der Waals surface area (Å²) in [4.78, 5) is 2.30. The maximum atomic E-state index is 6.22. The molecule has 0 unspecified atom stereocenters. The molecule has 0 amide bonds. The monoisotopic (exact) mass is 732 g/mol. The third-order valence-electron chi connectivity index (χ3n) is 10.4. The van der Waals surface area contributed by atoms with Gasteiger partial charge in [0.05, 0.1) is 0 Å². The number of hydrogen-bond donors (Lipinski definition) is 1. The van der Waals surface area contributed by atoms with Gasteiger partial charge in [-0.2, -0.15) is 0 Å². The van der Waals surface area contributed by atoms with Crippen molar-refractivity contribution in [3.05, 3.63) is 242 Å². The van der Waals surface area contributed by atoms with Crippen molar-refractivity contribution in [2.75, 3.05) is 10.2 Å². The fourth-order valence-electron chi connectivity index (χ4n) is 7.44. The van der Waals surface area contributed by atoms with E-state index in [0.29, 0.717) is 0 Å². The van der Waals surface area contributed by atoms with Crippen LogP contribution >= 0.6 is 0 Å². The Hall–Kier alpha value is -7.62. The summed E-state index contributed by atoms with van der Waals surface area (Å²) in [7, 11) is 0. The quantitative estimate of drug-likeness (QED) is 0.150. The molecule has 8 aromatic rings. The maximum absolute atomic E-state index is 6.22. The van der Waals surface area contributed by atoms with Crippen molar-refractivity contribution in [1.82, 2.24) is 0 Å². The standard InChI is InChI=1S/C54H40N2O/c1-3-11-40(21-19-39-12-5-4-6-13-39)41-22-29-46(30-23-41)56(48-33-26-43(27-34-48)45-20-18-38(2)49-14-7-9-16-52(49)55-37-45)47-31-24-42(25-32-47)44-28-35-51-50-15-8-10-17-53(50)57-54(51)36-44/h3-37,55H,1-2H2/b20-18-,21-19?,40-11+,45-37+. The van der Waals surface area contributed by atoms with Gasteiger partial charge in [0, 0.05) is 45.3 Å². The maximum Gasteiger partial charge on any atom is 0.136 e. The molecule has 1 aliphatic heterocycles. The number of fused-ring (bicyclic) bond motifs is 4. The summed E-state index contributed by atoms with van der Waals surface area (Å²) in [6.07, 6.45) is 14.4. The lowest BCUT2D eigenvalue weighted by Gasteiger charge is -2.26. The molecule has 57 heavy (non-hydrogen) atoms. The molecule has 0 aliphatic carbocycles. The van der Waals surface area contributed by atoms with Crippen LogP contribution in [0.5, 0.6) is 0 Å². The van der Waals surface area contributed by atoms with Gasteiger partial charge in [-0.15, -0.1) is 0 Å². The van der Waals surface area contributed by atoms with Gasteiger partial charge in [-0.3, -0.25) is 0 Å². The van der Waals surface area contributed by atoms with Crippen molar-refractivity contribution in [3.63, 3.8) is 0 Å². The van der Waals surface area contributed by atoms with Crippen LogP contribution in [0.2, 0.25) is 0 Å². The van der Waals surface area contributed by atoms with Crippen LogP contribution in [0.3, 0.4) is 0 Å². The highest BCUT2D eigenvalue weighted by molar-refractivity contribution is 6.06. The van der Waals surface area contributed by atoms with Crippen LogP contribution in [-0.2, 0) is 0 Å². The normalized spacial score (nSPS) is 14.4. The molecule has 0 saturated carbocycles. The van der Waals surface area contributed by atoms with E-state index in [1.165, 1.54) is 0 Å². The summed E-state index contributed by atoms with van der Waals surface area (Å²) in [5.41, 5.74) is 15.8. The molecular weight excluding hydrogens is 693 g/mol. The molecule has 7 aromatic carbocycles. The van der Waals surface area contributed by atoms with Crippen LogP contribution in [0.25, 0.3) is 55.9 Å². The van der Waals surface area contributed by atoms with E-state index in [9.17, 15) is 0 Å². The first-order chi connectivity index (χ1) is 28.1. The molecule has 0 saturated heterocycles. The second-order valence-corrected chi connectivity index (χ2v) is 14.0. The van der Waals surface area contributed by atoms with Crippen molar-refractivity contribution in [1.29, 1.82) is 0 Å². The smallest absolute Gasteiger partial charge is 0.136 e. The Morgan fingerprint density at radius 3 is 1.96 bits per heavy atom. The van der Waals surface area contributed by atoms with Crippen molar-refractivity contribution in [2.45, 2.75) is 0 Å². The zero-order chi connectivity index (χ0) is 38.6. The van der Waals surface area contributed by atoms with Crippen molar-refractivity contribution < 1.29 is 4.42 Å². The van der Waals surface area contributed by atoms with Gasteiger partial charge in [0.25, 0.3) is 0 Å². The minimum atomic E-state index is 0.890. The molecule has 3 heteroatoms. The van der Waals surface area contributed by atoms with E-state index < -0.39 is 0 Å². The van der Waals surface area contributed by atoms with Crippen LogP contribution in [0, 0.1) is 0 Å². The van der Waals surface area contributed by atoms with Crippen molar-refractivity contribution >= 4 is 67.5 Å². The Morgan fingerprint density at radius 1 is 0.579 bits per heavy atom. The molecule has 0 atom stereocenters.